The van der Waals surface area contributed by atoms with E-state index in [2.05, 4.69) is 29.3 Å². The van der Waals surface area contributed by atoms with Crippen LogP contribution in [0.2, 0.25) is 0 Å². The molecule has 4 nitrogen and oxygen atoms in total. The van der Waals surface area contributed by atoms with Gasteiger partial charge < -0.3 is 9.84 Å². The Kier molecular flexibility index (Phi) is 4.54. The molecule has 1 saturated carbocycles. The summed E-state index contributed by atoms with van der Waals surface area (Å²) in [6.07, 6.45) is 7.15. The number of aromatic nitrogens is 2. The van der Waals surface area contributed by atoms with Gasteiger partial charge in [-0.3, -0.25) is 0 Å². The van der Waals surface area contributed by atoms with E-state index in [1.54, 1.807) is 0 Å². The van der Waals surface area contributed by atoms with Crippen LogP contribution < -0.4 is 5.32 Å². The molecule has 1 fully saturated rings. The standard InChI is InChI=1S/C13H23N3O/c1-3-12-15-13(17-16-12)10-8-6-5-7-9-11(10)14-4-2/h10-11,14H,3-9H2,1-2H3. The molecule has 1 aromatic rings. The van der Waals surface area contributed by atoms with E-state index >= 15 is 0 Å². The molecule has 0 saturated heterocycles. The highest BCUT2D eigenvalue weighted by molar-refractivity contribution is 5.00. The lowest BCUT2D eigenvalue weighted by molar-refractivity contribution is 0.304. The average Bonchev–Trinajstić information content (AvgIpc) is 2.70. The molecular weight excluding hydrogens is 214 g/mol. The number of likely N-dealkylation sites (N-methyl/N-ethyl adjacent to an activating group) is 1. The quantitative estimate of drug-likeness (QED) is 0.818. The van der Waals surface area contributed by atoms with Crippen LogP contribution in [0.25, 0.3) is 0 Å². The van der Waals surface area contributed by atoms with Crippen molar-refractivity contribution >= 4 is 0 Å². The number of nitrogens with zero attached hydrogens (tertiary/aromatic N) is 2. The second kappa shape index (κ2) is 6.15. The fourth-order valence-electron chi connectivity index (χ4n) is 2.67. The summed E-state index contributed by atoms with van der Waals surface area (Å²) < 4.78 is 5.43. The van der Waals surface area contributed by atoms with Crippen LogP contribution in [0.4, 0.5) is 0 Å². The Morgan fingerprint density at radius 3 is 2.76 bits per heavy atom. The van der Waals surface area contributed by atoms with Gasteiger partial charge in [0.25, 0.3) is 0 Å². The van der Waals surface area contributed by atoms with Gasteiger partial charge in [-0.1, -0.05) is 38.3 Å². The first-order chi connectivity index (χ1) is 8.35. The van der Waals surface area contributed by atoms with E-state index in [0.717, 1.165) is 24.7 Å². The Hall–Kier alpha value is -0.900. The second-order valence-corrected chi connectivity index (χ2v) is 4.81. The maximum atomic E-state index is 5.43. The van der Waals surface area contributed by atoms with Crippen LogP contribution >= 0.6 is 0 Å². The molecule has 1 aliphatic rings. The predicted octanol–water partition coefficient (Wildman–Crippen LogP) is 2.66. The van der Waals surface area contributed by atoms with Gasteiger partial charge in [-0.15, -0.1) is 0 Å². The molecule has 2 atom stereocenters. The topological polar surface area (TPSA) is 51.0 Å². The third-order valence-electron chi connectivity index (χ3n) is 3.60. The molecule has 2 rings (SSSR count). The van der Waals surface area contributed by atoms with E-state index in [0.29, 0.717) is 12.0 Å². The van der Waals surface area contributed by atoms with Crippen LogP contribution in [-0.4, -0.2) is 22.7 Å². The van der Waals surface area contributed by atoms with Crippen molar-refractivity contribution in [1.82, 2.24) is 15.5 Å². The number of nitrogens with one attached hydrogen (secondary N) is 1. The zero-order chi connectivity index (χ0) is 12.1. The van der Waals surface area contributed by atoms with Gasteiger partial charge in [0.05, 0.1) is 5.92 Å². The normalized spacial score (nSPS) is 25.8. The Balaban J connectivity index is 2.13. The summed E-state index contributed by atoms with van der Waals surface area (Å²) in [5.74, 6) is 2.08. The molecule has 17 heavy (non-hydrogen) atoms. The van der Waals surface area contributed by atoms with Gasteiger partial charge in [-0.25, -0.2) is 0 Å². The molecule has 1 aromatic heterocycles. The summed E-state index contributed by atoms with van der Waals surface area (Å²) in [4.78, 5) is 4.51. The average molecular weight is 237 g/mol. The number of aryl methyl sites for hydroxylation is 1. The molecule has 2 unspecified atom stereocenters. The summed E-state index contributed by atoms with van der Waals surface area (Å²) in [6.45, 7) is 5.23. The molecule has 1 heterocycles. The van der Waals surface area contributed by atoms with E-state index in [1.165, 1.54) is 32.1 Å². The van der Waals surface area contributed by atoms with Crippen molar-refractivity contribution in [2.75, 3.05) is 6.54 Å². The van der Waals surface area contributed by atoms with Crippen molar-refractivity contribution in [2.45, 2.75) is 64.3 Å². The van der Waals surface area contributed by atoms with E-state index in [4.69, 9.17) is 4.52 Å². The Morgan fingerprint density at radius 2 is 2.06 bits per heavy atom. The second-order valence-electron chi connectivity index (χ2n) is 4.81. The van der Waals surface area contributed by atoms with Gasteiger partial charge in [0, 0.05) is 12.5 Å². The minimum Gasteiger partial charge on any atom is -0.339 e. The van der Waals surface area contributed by atoms with Crippen molar-refractivity contribution in [3.05, 3.63) is 11.7 Å². The molecule has 0 amide bonds. The summed E-state index contributed by atoms with van der Waals surface area (Å²) in [6, 6.07) is 0.507. The molecule has 0 spiro atoms. The zero-order valence-electron chi connectivity index (χ0n) is 10.9. The number of hydrogen-bond acceptors (Lipinski definition) is 4. The van der Waals surface area contributed by atoms with Crippen molar-refractivity contribution < 1.29 is 4.52 Å². The first kappa shape index (κ1) is 12.6. The van der Waals surface area contributed by atoms with Crippen molar-refractivity contribution in [1.29, 1.82) is 0 Å². The molecule has 1 N–H and O–H groups in total. The van der Waals surface area contributed by atoms with Crippen molar-refractivity contribution in [2.24, 2.45) is 0 Å². The fourth-order valence-corrected chi connectivity index (χ4v) is 2.67. The highest BCUT2D eigenvalue weighted by atomic mass is 16.5. The SMILES string of the molecule is CCNC1CCCCCC1c1nc(CC)no1. The fraction of sp³-hybridized carbons (Fsp3) is 0.846. The highest BCUT2D eigenvalue weighted by Crippen LogP contribution is 2.31. The van der Waals surface area contributed by atoms with Gasteiger partial charge in [0.1, 0.15) is 0 Å². The van der Waals surface area contributed by atoms with Crippen LogP contribution in [0.5, 0.6) is 0 Å². The Bertz CT molecular complexity index is 337. The summed E-state index contributed by atoms with van der Waals surface area (Å²) >= 11 is 0. The van der Waals surface area contributed by atoms with Crippen LogP contribution in [0, 0.1) is 0 Å². The zero-order valence-corrected chi connectivity index (χ0v) is 10.9. The van der Waals surface area contributed by atoms with Gasteiger partial charge in [0.15, 0.2) is 5.82 Å². The summed E-state index contributed by atoms with van der Waals surface area (Å²) in [7, 11) is 0. The minimum absolute atomic E-state index is 0.408. The largest absolute Gasteiger partial charge is 0.339 e. The van der Waals surface area contributed by atoms with Gasteiger partial charge in [-0.2, -0.15) is 4.98 Å². The third kappa shape index (κ3) is 3.06. The molecule has 0 aliphatic heterocycles. The van der Waals surface area contributed by atoms with Crippen LogP contribution in [-0.2, 0) is 6.42 Å². The lowest BCUT2D eigenvalue weighted by Crippen LogP contribution is -2.34. The lowest BCUT2D eigenvalue weighted by atomic mass is 9.94. The van der Waals surface area contributed by atoms with E-state index in [1.807, 2.05) is 0 Å². The first-order valence-corrected chi connectivity index (χ1v) is 6.91. The van der Waals surface area contributed by atoms with Crippen LogP contribution in [0.1, 0.15) is 63.6 Å². The third-order valence-corrected chi connectivity index (χ3v) is 3.60. The summed E-state index contributed by atoms with van der Waals surface area (Å²) in [5, 5.41) is 7.59. The Labute approximate surface area is 103 Å². The molecule has 0 radical (unpaired) electrons. The minimum atomic E-state index is 0.408. The highest BCUT2D eigenvalue weighted by Gasteiger charge is 2.28. The van der Waals surface area contributed by atoms with Gasteiger partial charge in [-0.05, 0) is 19.4 Å². The molecular formula is C13H23N3O. The maximum Gasteiger partial charge on any atom is 0.231 e. The molecule has 96 valence electrons. The number of hydrogen-bond donors (Lipinski definition) is 1. The first-order valence-electron chi connectivity index (χ1n) is 6.91. The van der Waals surface area contributed by atoms with E-state index in [9.17, 15) is 0 Å². The molecule has 1 aliphatic carbocycles. The smallest absolute Gasteiger partial charge is 0.231 e. The van der Waals surface area contributed by atoms with E-state index < -0.39 is 0 Å². The lowest BCUT2D eigenvalue weighted by Gasteiger charge is -2.22. The molecule has 0 aromatic carbocycles. The van der Waals surface area contributed by atoms with Crippen LogP contribution in [0.3, 0.4) is 0 Å². The number of rotatable bonds is 4. The van der Waals surface area contributed by atoms with Crippen LogP contribution in [0.15, 0.2) is 4.52 Å². The summed E-state index contributed by atoms with van der Waals surface area (Å²) in [5.41, 5.74) is 0. The van der Waals surface area contributed by atoms with Crippen molar-refractivity contribution in [3.63, 3.8) is 0 Å². The van der Waals surface area contributed by atoms with E-state index in [-0.39, 0.29) is 0 Å². The molecule has 4 heteroatoms. The van der Waals surface area contributed by atoms with Crippen molar-refractivity contribution in [3.8, 4) is 0 Å². The Morgan fingerprint density at radius 1 is 1.24 bits per heavy atom. The maximum absolute atomic E-state index is 5.43. The molecule has 0 bridgehead atoms. The van der Waals surface area contributed by atoms with Gasteiger partial charge in [0.2, 0.25) is 5.89 Å². The van der Waals surface area contributed by atoms with Gasteiger partial charge >= 0.3 is 0 Å². The monoisotopic (exact) mass is 237 g/mol. The predicted molar refractivity (Wildman–Crippen MR) is 67.0 cm³/mol.